The van der Waals surface area contributed by atoms with Gasteiger partial charge in [-0.05, 0) is 35.0 Å². The Balaban J connectivity index is 2.35. The van der Waals surface area contributed by atoms with Crippen molar-refractivity contribution in [1.82, 2.24) is 10.1 Å². The van der Waals surface area contributed by atoms with Crippen molar-refractivity contribution in [2.75, 3.05) is 0 Å². The summed E-state index contributed by atoms with van der Waals surface area (Å²) in [5.41, 5.74) is 0. The third-order valence-corrected chi connectivity index (χ3v) is 4.66. The first-order chi connectivity index (χ1) is 7.99. The van der Waals surface area contributed by atoms with Crippen LogP contribution in [-0.2, 0) is 15.6 Å². The van der Waals surface area contributed by atoms with Gasteiger partial charge in [0.15, 0.2) is 15.7 Å². The Morgan fingerprint density at radius 1 is 1.35 bits per heavy atom. The van der Waals surface area contributed by atoms with Gasteiger partial charge < -0.3 is 4.52 Å². The van der Waals surface area contributed by atoms with Crippen LogP contribution >= 0.6 is 15.9 Å². The van der Waals surface area contributed by atoms with Crippen molar-refractivity contribution < 1.29 is 12.9 Å². The molecule has 0 radical (unpaired) electrons. The van der Waals surface area contributed by atoms with E-state index in [2.05, 4.69) is 26.1 Å². The van der Waals surface area contributed by atoms with Gasteiger partial charge in [-0.2, -0.15) is 4.98 Å². The van der Waals surface area contributed by atoms with Gasteiger partial charge in [-0.15, -0.1) is 0 Å². The Hall–Kier alpha value is -1.21. The van der Waals surface area contributed by atoms with Crippen LogP contribution < -0.4 is 0 Å². The maximum Gasteiger partial charge on any atom is 0.242 e. The molecule has 7 heteroatoms. The molecule has 0 unspecified atom stereocenters. The van der Waals surface area contributed by atoms with Crippen molar-refractivity contribution in [3.8, 4) is 0 Å². The molecule has 2 rings (SSSR count). The summed E-state index contributed by atoms with van der Waals surface area (Å²) in [6.45, 7) is 1.64. The van der Waals surface area contributed by atoms with Gasteiger partial charge in [-0.1, -0.05) is 17.3 Å². The number of halogens is 1. The van der Waals surface area contributed by atoms with Gasteiger partial charge >= 0.3 is 0 Å². The molecule has 17 heavy (non-hydrogen) atoms. The Labute approximate surface area is 107 Å². The third kappa shape index (κ3) is 2.73. The Morgan fingerprint density at radius 2 is 2.06 bits per heavy atom. The van der Waals surface area contributed by atoms with Gasteiger partial charge in [0.25, 0.3) is 0 Å². The van der Waals surface area contributed by atoms with E-state index in [1.54, 1.807) is 25.1 Å². The van der Waals surface area contributed by atoms with Gasteiger partial charge in [-0.3, -0.25) is 0 Å². The summed E-state index contributed by atoms with van der Waals surface area (Å²) in [7, 11) is -3.47. The lowest BCUT2D eigenvalue weighted by atomic mass is 10.4. The van der Waals surface area contributed by atoms with Gasteiger partial charge in [-0.25, -0.2) is 8.42 Å². The Bertz CT molecular complexity index is 637. The zero-order valence-corrected chi connectivity index (χ0v) is 11.3. The summed E-state index contributed by atoms with van der Waals surface area (Å²) in [6.07, 6.45) is 0. The van der Waals surface area contributed by atoms with Crippen LogP contribution in [0.5, 0.6) is 0 Å². The highest BCUT2D eigenvalue weighted by molar-refractivity contribution is 9.10. The largest absolute Gasteiger partial charge is 0.338 e. The average Bonchev–Trinajstić information content (AvgIpc) is 2.63. The van der Waals surface area contributed by atoms with Crippen molar-refractivity contribution in [2.24, 2.45) is 0 Å². The minimum absolute atomic E-state index is 0.0956. The first kappa shape index (κ1) is 12.3. The molecule has 0 amide bonds. The van der Waals surface area contributed by atoms with Gasteiger partial charge in [0.05, 0.1) is 4.90 Å². The summed E-state index contributed by atoms with van der Waals surface area (Å²) in [5.74, 6) is 0.219. The fourth-order valence-corrected chi connectivity index (χ4v) is 3.61. The molecule has 0 atom stereocenters. The molecule has 90 valence electrons. The molecule has 0 fully saturated rings. The van der Waals surface area contributed by atoms with E-state index in [1.807, 2.05) is 0 Å². The SMILES string of the molecule is Cc1noc(CS(=O)(=O)c2ccccc2Br)n1. The molecule has 0 saturated heterocycles. The number of aromatic nitrogens is 2. The zero-order chi connectivity index (χ0) is 12.5. The minimum atomic E-state index is -3.47. The van der Waals surface area contributed by atoms with Gasteiger partial charge in [0.1, 0.15) is 5.75 Å². The molecular weight excluding hydrogens is 308 g/mol. The first-order valence-corrected chi connectivity index (χ1v) is 7.20. The molecule has 0 bridgehead atoms. The molecule has 0 spiro atoms. The van der Waals surface area contributed by atoms with Crippen molar-refractivity contribution in [3.63, 3.8) is 0 Å². The van der Waals surface area contributed by atoms with Crippen LogP contribution in [0.2, 0.25) is 0 Å². The molecule has 1 aromatic heterocycles. The van der Waals surface area contributed by atoms with Crippen LogP contribution in [0.25, 0.3) is 0 Å². The number of benzene rings is 1. The normalized spacial score (nSPS) is 11.6. The van der Waals surface area contributed by atoms with E-state index >= 15 is 0 Å². The lowest BCUT2D eigenvalue weighted by Crippen LogP contribution is -2.06. The van der Waals surface area contributed by atoms with Gasteiger partial charge in [0.2, 0.25) is 5.89 Å². The molecular formula is C10H9BrN2O3S. The lowest BCUT2D eigenvalue weighted by Gasteiger charge is -2.03. The topological polar surface area (TPSA) is 73.1 Å². The average molecular weight is 317 g/mol. The van der Waals surface area contributed by atoms with Crippen LogP contribution in [0.4, 0.5) is 0 Å². The summed E-state index contributed by atoms with van der Waals surface area (Å²) in [5, 5.41) is 3.55. The van der Waals surface area contributed by atoms with E-state index in [4.69, 9.17) is 4.52 Å². The highest BCUT2D eigenvalue weighted by Gasteiger charge is 2.21. The van der Waals surface area contributed by atoms with E-state index in [1.165, 1.54) is 6.07 Å². The molecule has 0 aliphatic carbocycles. The zero-order valence-electron chi connectivity index (χ0n) is 8.92. The molecule has 1 heterocycles. The maximum absolute atomic E-state index is 12.1. The van der Waals surface area contributed by atoms with Crippen molar-refractivity contribution in [2.45, 2.75) is 17.6 Å². The first-order valence-electron chi connectivity index (χ1n) is 4.75. The van der Waals surface area contributed by atoms with E-state index < -0.39 is 9.84 Å². The van der Waals surface area contributed by atoms with Crippen LogP contribution in [0.3, 0.4) is 0 Å². The predicted molar refractivity (Wildman–Crippen MR) is 64.1 cm³/mol. The summed E-state index contributed by atoms with van der Waals surface area (Å²) >= 11 is 3.20. The van der Waals surface area contributed by atoms with E-state index in [0.29, 0.717) is 10.3 Å². The number of hydrogen-bond acceptors (Lipinski definition) is 5. The monoisotopic (exact) mass is 316 g/mol. The number of hydrogen-bond donors (Lipinski definition) is 0. The van der Waals surface area contributed by atoms with E-state index in [0.717, 1.165) is 0 Å². The molecule has 0 aliphatic heterocycles. The Kier molecular flexibility index (Phi) is 3.30. The number of aryl methyl sites for hydroxylation is 1. The molecule has 2 aromatic rings. The maximum atomic E-state index is 12.1. The fraction of sp³-hybridized carbons (Fsp3) is 0.200. The van der Waals surface area contributed by atoms with Crippen LogP contribution in [-0.4, -0.2) is 18.6 Å². The minimum Gasteiger partial charge on any atom is -0.338 e. The third-order valence-electron chi connectivity index (χ3n) is 2.05. The Morgan fingerprint density at radius 3 is 2.65 bits per heavy atom. The number of rotatable bonds is 3. The van der Waals surface area contributed by atoms with E-state index in [9.17, 15) is 8.42 Å². The van der Waals surface area contributed by atoms with Crippen LogP contribution in [0, 0.1) is 6.92 Å². The highest BCUT2D eigenvalue weighted by Crippen LogP contribution is 2.24. The number of sulfone groups is 1. The predicted octanol–water partition coefficient (Wildman–Crippen LogP) is 2.11. The quantitative estimate of drug-likeness (QED) is 0.867. The second-order valence-electron chi connectivity index (χ2n) is 3.42. The summed E-state index contributed by atoms with van der Waals surface area (Å²) < 4.78 is 29.5. The second kappa shape index (κ2) is 4.58. The molecule has 0 aliphatic rings. The molecule has 0 saturated carbocycles. The summed E-state index contributed by atoms with van der Waals surface area (Å²) in [4.78, 5) is 4.10. The van der Waals surface area contributed by atoms with Crippen LogP contribution in [0.1, 0.15) is 11.7 Å². The molecule has 0 N–H and O–H groups in total. The second-order valence-corrected chi connectivity index (χ2v) is 6.24. The smallest absolute Gasteiger partial charge is 0.242 e. The van der Waals surface area contributed by atoms with Crippen molar-refractivity contribution in [3.05, 3.63) is 40.5 Å². The lowest BCUT2D eigenvalue weighted by molar-refractivity contribution is 0.384. The standard InChI is InChI=1S/C10H9BrN2O3S/c1-7-12-10(16-13-7)6-17(14,15)9-5-3-2-4-8(9)11/h2-5H,6H2,1H3. The molecule has 1 aromatic carbocycles. The highest BCUT2D eigenvalue weighted by atomic mass is 79.9. The summed E-state index contributed by atoms with van der Waals surface area (Å²) in [6, 6.07) is 6.62. The van der Waals surface area contributed by atoms with Crippen molar-refractivity contribution >= 4 is 25.8 Å². The fourth-order valence-electron chi connectivity index (χ4n) is 1.34. The van der Waals surface area contributed by atoms with Crippen LogP contribution in [0.15, 0.2) is 38.2 Å². The van der Waals surface area contributed by atoms with E-state index in [-0.39, 0.29) is 16.5 Å². The van der Waals surface area contributed by atoms with Crippen molar-refractivity contribution in [1.29, 1.82) is 0 Å². The van der Waals surface area contributed by atoms with Gasteiger partial charge in [0, 0.05) is 4.47 Å². The number of nitrogens with zero attached hydrogens (tertiary/aromatic N) is 2. The molecule has 5 nitrogen and oxygen atoms in total.